The number of hydrogen-bond acceptors (Lipinski definition) is 6. The molecule has 0 fully saturated rings. The number of aliphatic carboxylic acids is 1. The van der Waals surface area contributed by atoms with E-state index in [-0.39, 0.29) is 19.1 Å². The van der Waals surface area contributed by atoms with Gasteiger partial charge in [-0.1, -0.05) is 12.1 Å². The van der Waals surface area contributed by atoms with E-state index in [1.165, 1.54) is 7.11 Å². The fourth-order valence-corrected chi connectivity index (χ4v) is 3.03. The Labute approximate surface area is 182 Å². The van der Waals surface area contributed by atoms with Gasteiger partial charge in [-0.25, -0.2) is 9.59 Å². The van der Waals surface area contributed by atoms with Gasteiger partial charge in [-0.3, -0.25) is 5.32 Å². The van der Waals surface area contributed by atoms with E-state index in [0.717, 1.165) is 16.9 Å². The Balaban J connectivity index is 2.01. The first kappa shape index (κ1) is 24.0. The van der Waals surface area contributed by atoms with Gasteiger partial charge < -0.3 is 24.1 Å². The van der Waals surface area contributed by atoms with E-state index in [1.54, 1.807) is 39.2 Å². The van der Waals surface area contributed by atoms with Crippen molar-refractivity contribution in [2.75, 3.05) is 19.5 Å². The van der Waals surface area contributed by atoms with Crippen molar-refractivity contribution in [3.63, 3.8) is 0 Å². The lowest BCUT2D eigenvalue weighted by molar-refractivity contribution is -0.153. The van der Waals surface area contributed by atoms with Crippen LogP contribution in [0.3, 0.4) is 0 Å². The number of carbonyl (C=O) groups excluding carboxylic acids is 1. The van der Waals surface area contributed by atoms with Crippen LogP contribution in [-0.2, 0) is 27.3 Å². The normalized spacial score (nSPS) is 11.7. The first-order valence-corrected chi connectivity index (χ1v) is 9.86. The van der Waals surface area contributed by atoms with Gasteiger partial charge in [0.15, 0.2) is 6.10 Å². The minimum absolute atomic E-state index is 0.101. The molecule has 2 aromatic carbocycles. The highest BCUT2D eigenvalue weighted by atomic mass is 16.5. The average Bonchev–Trinajstić information content (AvgIpc) is 2.72. The third-order valence-electron chi connectivity index (χ3n) is 4.46. The van der Waals surface area contributed by atoms with Gasteiger partial charge in [-0.2, -0.15) is 0 Å². The summed E-state index contributed by atoms with van der Waals surface area (Å²) in [5.74, 6) is 0.123. The molecule has 2 rings (SSSR count). The number of hydrogen-bond donors (Lipinski definition) is 2. The molecule has 0 heterocycles. The monoisotopic (exact) mass is 431 g/mol. The molecule has 8 heteroatoms. The zero-order chi connectivity index (χ0) is 23.0. The van der Waals surface area contributed by atoms with Gasteiger partial charge >= 0.3 is 12.1 Å². The van der Waals surface area contributed by atoms with Crippen LogP contribution in [0, 0.1) is 6.92 Å². The molecular weight excluding hydrogens is 402 g/mol. The van der Waals surface area contributed by atoms with Crippen LogP contribution in [0.15, 0.2) is 36.4 Å². The summed E-state index contributed by atoms with van der Waals surface area (Å²) in [7, 11) is 3.07. The SMILES string of the molecule is COc1ccc(COC(=O)Nc2ccc(CC(OC(C)C)C(=O)O)cc2OC)cc1C. The van der Waals surface area contributed by atoms with Crippen LogP contribution < -0.4 is 14.8 Å². The van der Waals surface area contributed by atoms with Crippen molar-refractivity contribution in [1.29, 1.82) is 0 Å². The van der Waals surface area contributed by atoms with Gasteiger partial charge in [0.1, 0.15) is 18.1 Å². The van der Waals surface area contributed by atoms with Crippen molar-refractivity contribution < 1.29 is 33.6 Å². The third kappa shape index (κ3) is 7.18. The molecule has 0 radical (unpaired) electrons. The average molecular weight is 431 g/mol. The van der Waals surface area contributed by atoms with Crippen LogP contribution in [-0.4, -0.2) is 43.6 Å². The molecule has 0 aromatic heterocycles. The fourth-order valence-electron chi connectivity index (χ4n) is 3.03. The lowest BCUT2D eigenvalue weighted by atomic mass is 10.1. The van der Waals surface area contributed by atoms with Crippen molar-refractivity contribution in [3.8, 4) is 11.5 Å². The van der Waals surface area contributed by atoms with Crippen LogP contribution in [0.1, 0.15) is 30.5 Å². The van der Waals surface area contributed by atoms with Gasteiger partial charge in [-0.05, 0) is 61.7 Å². The second-order valence-electron chi connectivity index (χ2n) is 7.26. The fraction of sp³-hybridized carbons (Fsp3) is 0.391. The standard InChI is InChI=1S/C23H29NO7/c1-14(2)31-21(22(25)26)12-16-6-8-18(20(11-16)29-5)24-23(27)30-13-17-7-9-19(28-4)15(3)10-17/h6-11,14,21H,12-13H2,1-5H3,(H,24,27)(H,25,26). The zero-order valence-corrected chi connectivity index (χ0v) is 18.4. The van der Waals surface area contributed by atoms with Gasteiger partial charge in [0.05, 0.1) is 26.0 Å². The molecule has 0 aliphatic heterocycles. The van der Waals surface area contributed by atoms with E-state index in [2.05, 4.69) is 5.32 Å². The van der Waals surface area contributed by atoms with Gasteiger partial charge in [0.25, 0.3) is 0 Å². The van der Waals surface area contributed by atoms with E-state index in [4.69, 9.17) is 18.9 Å². The number of ether oxygens (including phenoxy) is 4. The van der Waals surface area contributed by atoms with E-state index >= 15 is 0 Å². The predicted molar refractivity (Wildman–Crippen MR) is 116 cm³/mol. The Morgan fingerprint density at radius 1 is 1.00 bits per heavy atom. The maximum Gasteiger partial charge on any atom is 0.412 e. The molecule has 1 atom stereocenters. The highest BCUT2D eigenvalue weighted by Crippen LogP contribution is 2.27. The molecule has 168 valence electrons. The summed E-state index contributed by atoms with van der Waals surface area (Å²) >= 11 is 0. The Kier molecular flexibility index (Phi) is 8.69. The number of carbonyl (C=O) groups is 2. The smallest absolute Gasteiger partial charge is 0.412 e. The topological polar surface area (TPSA) is 103 Å². The highest BCUT2D eigenvalue weighted by molar-refractivity contribution is 5.86. The molecule has 2 N–H and O–H groups in total. The number of amides is 1. The molecule has 2 aromatic rings. The Bertz CT molecular complexity index is 911. The molecule has 0 aliphatic carbocycles. The van der Waals surface area contributed by atoms with E-state index < -0.39 is 18.2 Å². The number of anilines is 1. The predicted octanol–water partition coefficient (Wildman–Crippen LogP) is 4.18. The minimum atomic E-state index is -1.03. The zero-order valence-electron chi connectivity index (χ0n) is 18.4. The van der Waals surface area contributed by atoms with Crippen LogP contribution in [0.25, 0.3) is 0 Å². The van der Waals surface area contributed by atoms with E-state index in [9.17, 15) is 14.7 Å². The molecule has 0 saturated carbocycles. The molecule has 0 aliphatic rings. The molecule has 1 unspecified atom stereocenters. The van der Waals surface area contributed by atoms with E-state index in [1.807, 2.05) is 25.1 Å². The molecule has 0 spiro atoms. The number of carboxylic acids is 1. The first-order valence-electron chi connectivity index (χ1n) is 9.86. The summed E-state index contributed by atoms with van der Waals surface area (Å²) in [4.78, 5) is 23.6. The number of methoxy groups -OCH3 is 2. The Morgan fingerprint density at radius 3 is 2.26 bits per heavy atom. The van der Waals surface area contributed by atoms with Crippen LogP contribution >= 0.6 is 0 Å². The maximum atomic E-state index is 12.2. The molecule has 31 heavy (non-hydrogen) atoms. The number of rotatable bonds is 10. The lowest BCUT2D eigenvalue weighted by Gasteiger charge is -2.17. The lowest BCUT2D eigenvalue weighted by Crippen LogP contribution is -2.29. The molecular formula is C23H29NO7. The summed E-state index contributed by atoms with van der Waals surface area (Å²) < 4.78 is 21.3. The van der Waals surface area contributed by atoms with Crippen molar-refractivity contribution in [3.05, 3.63) is 53.1 Å². The van der Waals surface area contributed by atoms with Crippen LogP contribution in [0.2, 0.25) is 0 Å². The largest absolute Gasteiger partial charge is 0.496 e. The van der Waals surface area contributed by atoms with Gasteiger partial charge in [0, 0.05) is 6.42 Å². The number of aryl methyl sites for hydroxylation is 1. The van der Waals surface area contributed by atoms with Crippen molar-refractivity contribution in [1.82, 2.24) is 0 Å². The Hall–Kier alpha value is -3.26. The van der Waals surface area contributed by atoms with Crippen LogP contribution in [0.5, 0.6) is 11.5 Å². The number of carboxylic acid groups (broad SMARTS) is 1. The molecule has 1 amide bonds. The summed E-state index contributed by atoms with van der Waals surface area (Å²) in [6.45, 7) is 5.57. The quantitative estimate of drug-likeness (QED) is 0.582. The van der Waals surface area contributed by atoms with Crippen molar-refractivity contribution >= 4 is 17.7 Å². The Morgan fingerprint density at radius 2 is 1.68 bits per heavy atom. The second kappa shape index (κ2) is 11.2. The minimum Gasteiger partial charge on any atom is -0.496 e. The maximum absolute atomic E-state index is 12.2. The number of benzene rings is 2. The summed E-state index contributed by atoms with van der Waals surface area (Å²) in [6, 6.07) is 10.6. The second-order valence-corrected chi connectivity index (χ2v) is 7.26. The van der Waals surface area contributed by atoms with Crippen molar-refractivity contribution in [2.24, 2.45) is 0 Å². The molecule has 8 nitrogen and oxygen atoms in total. The van der Waals surface area contributed by atoms with Gasteiger partial charge in [0.2, 0.25) is 0 Å². The first-order chi connectivity index (χ1) is 14.7. The molecule has 0 saturated heterocycles. The highest BCUT2D eigenvalue weighted by Gasteiger charge is 2.21. The van der Waals surface area contributed by atoms with E-state index in [0.29, 0.717) is 17.0 Å². The van der Waals surface area contributed by atoms with Gasteiger partial charge in [-0.15, -0.1) is 0 Å². The summed E-state index contributed by atoms with van der Waals surface area (Å²) in [6.07, 6.45) is -1.65. The summed E-state index contributed by atoms with van der Waals surface area (Å²) in [5.41, 5.74) is 2.90. The molecule has 0 bridgehead atoms. The van der Waals surface area contributed by atoms with Crippen LogP contribution in [0.4, 0.5) is 10.5 Å². The van der Waals surface area contributed by atoms with Crippen molar-refractivity contribution in [2.45, 2.75) is 46.0 Å². The third-order valence-corrected chi connectivity index (χ3v) is 4.46. The summed E-state index contributed by atoms with van der Waals surface area (Å²) in [5, 5.41) is 12.0. The number of nitrogens with one attached hydrogen (secondary N) is 1.